The van der Waals surface area contributed by atoms with Gasteiger partial charge >= 0.3 is 0 Å². The van der Waals surface area contributed by atoms with Gasteiger partial charge in [0.05, 0.1) is 10.0 Å². The molecule has 0 aliphatic rings. The monoisotopic (exact) mass is 207 g/mol. The van der Waals surface area contributed by atoms with Crippen molar-refractivity contribution < 1.29 is 0 Å². The summed E-state index contributed by atoms with van der Waals surface area (Å²) in [7, 11) is 0. The number of rotatable bonds is 1. The predicted molar refractivity (Wildman–Crippen MR) is 50.5 cm³/mol. The Hall–Kier alpha value is 0.0900. The van der Waals surface area contributed by atoms with Gasteiger partial charge in [-0.15, -0.1) is 0 Å². The highest BCUT2D eigenvalue weighted by molar-refractivity contribution is 6.44. The highest BCUT2D eigenvalue weighted by Crippen LogP contribution is 2.31. The Morgan fingerprint density at radius 2 is 1.64 bits per heavy atom. The fourth-order valence-electron chi connectivity index (χ4n) is 0.798. The molecule has 1 radical (unpaired) electrons. The minimum atomic E-state index is 0.508. The van der Waals surface area contributed by atoms with E-state index < -0.39 is 0 Å². The lowest BCUT2D eigenvalue weighted by molar-refractivity contribution is 1.27. The van der Waals surface area contributed by atoms with Gasteiger partial charge in [0.1, 0.15) is 0 Å². The minimum absolute atomic E-state index is 0.508. The van der Waals surface area contributed by atoms with Crippen LogP contribution in [0.4, 0.5) is 0 Å². The van der Waals surface area contributed by atoms with Crippen LogP contribution < -0.4 is 0 Å². The molecule has 0 aliphatic heterocycles. The molecule has 0 amide bonds. The van der Waals surface area contributed by atoms with Crippen LogP contribution >= 0.6 is 34.8 Å². The topological polar surface area (TPSA) is 0 Å². The van der Waals surface area contributed by atoms with Crippen molar-refractivity contribution in [3.63, 3.8) is 0 Å². The van der Waals surface area contributed by atoms with Gasteiger partial charge in [0.25, 0.3) is 0 Å². The molecule has 0 N–H and O–H groups in total. The molecule has 59 valence electrons. The van der Waals surface area contributed by atoms with Crippen molar-refractivity contribution in [1.29, 1.82) is 0 Å². The van der Waals surface area contributed by atoms with E-state index in [1.54, 1.807) is 12.1 Å². The van der Waals surface area contributed by atoms with E-state index in [9.17, 15) is 0 Å². The van der Waals surface area contributed by atoms with E-state index in [0.717, 1.165) is 5.56 Å². The average Bonchev–Trinajstić information content (AvgIpc) is 1.99. The van der Waals surface area contributed by atoms with Gasteiger partial charge < -0.3 is 0 Å². The smallest absolute Gasteiger partial charge is 0.0639 e. The summed E-state index contributed by atoms with van der Waals surface area (Å²) in [5, 5.41) is 1.65. The Balaban J connectivity index is 3.29. The fraction of sp³-hybridized carbons (Fsp3) is 0.125. The molecule has 11 heavy (non-hydrogen) atoms. The highest BCUT2D eigenvalue weighted by Gasteiger charge is 2.06. The van der Waals surface area contributed by atoms with E-state index in [4.69, 9.17) is 34.8 Å². The highest BCUT2D eigenvalue weighted by atomic mass is 35.5. The number of hydrogen-bond donors (Lipinski definition) is 0. The quantitative estimate of drug-likeness (QED) is 0.612. The minimum Gasteiger partial charge on any atom is -0.0840 e. The molecule has 0 aromatic heterocycles. The average molecular weight is 208 g/mol. The Morgan fingerprint density at radius 1 is 1.09 bits per heavy atom. The summed E-state index contributed by atoms with van der Waals surface area (Å²) in [4.78, 5) is 0. The molecular formula is C8H6Cl3. The molecule has 1 aromatic carbocycles. The van der Waals surface area contributed by atoms with Crippen LogP contribution in [0.2, 0.25) is 15.1 Å². The largest absolute Gasteiger partial charge is 0.0840 e. The normalized spacial score (nSPS) is 10.2. The molecule has 0 saturated carbocycles. The maximum absolute atomic E-state index is 5.84. The van der Waals surface area contributed by atoms with Crippen LogP contribution in [0.3, 0.4) is 0 Å². The number of hydrogen-bond acceptors (Lipinski definition) is 0. The maximum Gasteiger partial charge on any atom is 0.0639 e. The molecule has 0 nitrogen and oxygen atoms in total. The zero-order valence-corrected chi connectivity index (χ0v) is 7.97. The van der Waals surface area contributed by atoms with E-state index in [0.29, 0.717) is 21.5 Å². The first-order valence-corrected chi connectivity index (χ1v) is 4.22. The summed E-state index contributed by atoms with van der Waals surface area (Å²) in [5.74, 6) is 0. The van der Waals surface area contributed by atoms with Gasteiger partial charge in [-0.25, -0.2) is 0 Å². The van der Waals surface area contributed by atoms with Crippen molar-refractivity contribution in [3.8, 4) is 0 Å². The molecule has 1 rings (SSSR count). The summed E-state index contributed by atoms with van der Waals surface area (Å²) >= 11 is 17.4. The van der Waals surface area contributed by atoms with Crippen LogP contribution in [0, 0.1) is 6.92 Å². The lowest BCUT2D eigenvalue weighted by Crippen LogP contribution is -1.84. The SMILES string of the molecule is [CH2]Cc1c(Cl)ccc(Cl)c1Cl. The standard InChI is InChI=1S/C8H6Cl3/c1-2-5-6(9)3-4-7(10)8(5)11/h3-4H,1-2H2. The fourth-order valence-corrected chi connectivity index (χ4v) is 1.53. The summed E-state index contributed by atoms with van der Waals surface area (Å²) < 4.78 is 0. The molecule has 0 heterocycles. The second kappa shape index (κ2) is 3.66. The Labute approximate surface area is 81.1 Å². The third kappa shape index (κ3) is 1.81. The van der Waals surface area contributed by atoms with Crippen molar-refractivity contribution in [2.75, 3.05) is 0 Å². The van der Waals surface area contributed by atoms with Crippen LogP contribution in [0.5, 0.6) is 0 Å². The first-order valence-electron chi connectivity index (χ1n) is 3.08. The van der Waals surface area contributed by atoms with Crippen molar-refractivity contribution >= 4 is 34.8 Å². The first kappa shape index (κ1) is 9.18. The summed E-state index contributed by atoms with van der Waals surface area (Å²) in [5.41, 5.74) is 0.806. The molecule has 0 aliphatic carbocycles. The van der Waals surface area contributed by atoms with Gasteiger partial charge in [0.15, 0.2) is 0 Å². The molecule has 0 spiro atoms. The van der Waals surface area contributed by atoms with Crippen LogP contribution in [0.1, 0.15) is 5.56 Å². The molecule has 0 saturated heterocycles. The van der Waals surface area contributed by atoms with Gasteiger partial charge in [-0.3, -0.25) is 0 Å². The van der Waals surface area contributed by atoms with E-state index in [2.05, 4.69) is 6.92 Å². The van der Waals surface area contributed by atoms with E-state index in [1.165, 1.54) is 0 Å². The molecule has 0 bridgehead atoms. The lowest BCUT2D eigenvalue weighted by atomic mass is 10.2. The predicted octanol–water partition coefficient (Wildman–Crippen LogP) is 4.02. The second-order valence-corrected chi connectivity index (χ2v) is 3.26. The van der Waals surface area contributed by atoms with Crippen LogP contribution in [0.25, 0.3) is 0 Å². The number of benzene rings is 1. The van der Waals surface area contributed by atoms with Crippen molar-refractivity contribution in [2.45, 2.75) is 6.42 Å². The van der Waals surface area contributed by atoms with Crippen molar-refractivity contribution in [3.05, 3.63) is 39.7 Å². The van der Waals surface area contributed by atoms with Crippen molar-refractivity contribution in [1.82, 2.24) is 0 Å². The van der Waals surface area contributed by atoms with Gasteiger partial charge in [-0.05, 0) is 31.0 Å². The van der Waals surface area contributed by atoms with Crippen LogP contribution in [-0.2, 0) is 6.42 Å². The first-order chi connectivity index (χ1) is 5.16. The van der Waals surface area contributed by atoms with Gasteiger partial charge in [-0.2, -0.15) is 0 Å². The number of halogens is 3. The van der Waals surface area contributed by atoms with E-state index in [-0.39, 0.29) is 0 Å². The molecule has 0 fully saturated rings. The molecule has 1 aromatic rings. The van der Waals surface area contributed by atoms with Crippen LogP contribution in [-0.4, -0.2) is 0 Å². The van der Waals surface area contributed by atoms with Gasteiger partial charge in [-0.1, -0.05) is 34.8 Å². The van der Waals surface area contributed by atoms with Crippen LogP contribution in [0.15, 0.2) is 12.1 Å². The van der Waals surface area contributed by atoms with Crippen molar-refractivity contribution in [2.24, 2.45) is 0 Å². The van der Waals surface area contributed by atoms with Gasteiger partial charge in [0.2, 0.25) is 0 Å². The molecule has 3 heteroatoms. The zero-order valence-electron chi connectivity index (χ0n) is 5.70. The third-order valence-corrected chi connectivity index (χ3v) is 2.59. The van der Waals surface area contributed by atoms with Gasteiger partial charge in [0, 0.05) is 5.02 Å². The summed E-state index contributed by atoms with van der Waals surface area (Å²) in [6.07, 6.45) is 0.554. The zero-order chi connectivity index (χ0) is 8.43. The molecule has 0 unspecified atom stereocenters. The maximum atomic E-state index is 5.84. The molecule has 0 atom stereocenters. The summed E-state index contributed by atoms with van der Waals surface area (Å²) in [6.45, 7) is 3.69. The van der Waals surface area contributed by atoms with E-state index in [1.807, 2.05) is 0 Å². The Bertz CT molecular complexity index is 268. The third-order valence-electron chi connectivity index (χ3n) is 1.39. The second-order valence-electron chi connectivity index (χ2n) is 2.07. The molecular weight excluding hydrogens is 202 g/mol. The Kier molecular flexibility index (Phi) is 3.06. The summed E-state index contributed by atoms with van der Waals surface area (Å²) in [6, 6.07) is 3.39. The Morgan fingerprint density at radius 3 is 2.09 bits per heavy atom. The lowest BCUT2D eigenvalue weighted by Gasteiger charge is -2.04. The van der Waals surface area contributed by atoms with E-state index >= 15 is 0 Å².